The molecule has 31 heavy (non-hydrogen) atoms. The zero-order valence-corrected chi connectivity index (χ0v) is 16.6. The lowest BCUT2D eigenvalue weighted by atomic mass is 10.0. The van der Waals surface area contributed by atoms with Gasteiger partial charge >= 0.3 is 5.97 Å². The van der Waals surface area contributed by atoms with Gasteiger partial charge in [0.15, 0.2) is 0 Å². The third kappa shape index (κ3) is 3.81. The molecule has 3 aromatic carbocycles. The first-order valence-electron chi connectivity index (χ1n) is 9.54. The number of rotatable bonds is 5. The number of benzene rings is 3. The number of carbonyl (C=O) groups excluding carboxylic acids is 3. The van der Waals surface area contributed by atoms with Crippen molar-refractivity contribution in [2.75, 3.05) is 5.32 Å². The fraction of sp³-hybridized carbons (Fsp3) is 0.0833. The lowest BCUT2D eigenvalue weighted by molar-refractivity contribution is 0.0639. The predicted molar refractivity (Wildman–Crippen MR) is 113 cm³/mol. The maximum Gasteiger partial charge on any atom is 0.335 e. The third-order valence-electron chi connectivity index (χ3n) is 5.15. The smallest absolute Gasteiger partial charge is 0.335 e. The number of nitrogens with one attached hydrogen (secondary N) is 1. The summed E-state index contributed by atoms with van der Waals surface area (Å²) in [6, 6.07) is 17.9. The topological polar surface area (TPSA) is 104 Å². The summed E-state index contributed by atoms with van der Waals surface area (Å²) in [5.74, 6) is -2.46. The molecule has 4 rings (SSSR count). The van der Waals surface area contributed by atoms with Gasteiger partial charge < -0.3 is 10.4 Å². The van der Waals surface area contributed by atoms with E-state index in [1.165, 1.54) is 30.3 Å². The molecular weight excluding hydrogens is 396 g/mol. The van der Waals surface area contributed by atoms with Crippen molar-refractivity contribution in [1.29, 1.82) is 0 Å². The molecule has 1 heterocycles. The summed E-state index contributed by atoms with van der Waals surface area (Å²) in [5, 5.41) is 11.8. The van der Waals surface area contributed by atoms with Crippen molar-refractivity contribution >= 4 is 29.4 Å². The summed E-state index contributed by atoms with van der Waals surface area (Å²) in [6.07, 6.45) is 0. The van der Waals surface area contributed by atoms with Crippen LogP contribution in [-0.2, 0) is 6.54 Å². The first kappa shape index (κ1) is 20.0. The Balaban J connectivity index is 1.58. The third-order valence-corrected chi connectivity index (χ3v) is 5.15. The molecule has 0 saturated heterocycles. The Hall–Kier alpha value is -4.26. The average Bonchev–Trinajstić information content (AvgIpc) is 3.00. The largest absolute Gasteiger partial charge is 0.478 e. The van der Waals surface area contributed by atoms with Crippen LogP contribution in [-0.4, -0.2) is 33.7 Å². The number of anilines is 1. The Kier molecular flexibility index (Phi) is 5.09. The summed E-state index contributed by atoms with van der Waals surface area (Å²) in [4.78, 5) is 50.6. The quantitative estimate of drug-likeness (QED) is 0.619. The van der Waals surface area contributed by atoms with Crippen LogP contribution in [0.2, 0.25) is 0 Å². The van der Waals surface area contributed by atoms with E-state index in [1.54, 1.807) is 13.0 Å². The average molecular weight is 414 g/mol. The fourth-order valence-electron chi connectivity index (χ4n) is 3.43. The lowest BCUT2D eigenvalue weighted by Crippen LogP contribution is -2.29. The standard InChI is InChI=1S/C24H18N2O5/c1-14-7-8-17(24(30)31)12-20(14)25-21(27)16-9-10-18-19(11-16)23(29)26(22(18)28)13-15-5-3-2-4-6-15/h2-12H,13H2,1H3,(H,25,27)(H,30,31). The summed E-state index contributed by atoms with van der Waals surface area (Å²) in [6.45, 7) is 1.89. The molecule has 2 N–H and O–H groups in total. The zero-order chi connectivity index (χ0) is 22.1. The van der Waals surface area contributed by atoms with E-state index in [4.69, 9.17) is 5.11 Å². The zero-order valence-electron chi connectivity index (χ0n) is 16.6. The molecule has 3 aromatic rings. The van der Waals surface area contributed by atoms with E-state index in [-0.39, 0.29) is 28.8 Å². The molecule has 0 fully saturated rings. The molecule has 0 unspecified atom stereocenters. The van der Waals surface area contributed by atoms with Crippen LogP contribution in [0.5, 0.6) is 0 Å². The molecule has 1 aliphatic rings. The monoisotopic (exact) mass is 414 g/mol. The van der Waals surface area contributed by atoms with Crippen molar-refractivity contribution < 1.29 is 24.3 Å². The van der Waals surface area contributed by atoms with Crippen LogP contribution in [0.1, 0.15) is 52.6 Å². The molecule has 0 saturated carbocycles. The van der Waals surface area contributed by atoms with Gasteiger partial charge in [-0.3, -0.25) is 19.3 Å². The van der Waals surface area contributed by atoms with Gasteiger partial charge in [-0.25, -0.2) is 4.79 Å². The number of nitrogens with zero attached hydrogens (tertiary/aromatic N) is 1. The molecule has 0 aliphatic carbocycles. The van der Waals surface area contributed by atoms with Crippen LogP contribution >= 0.6 is 0 Å². The molecule has 7 nitrogen and oxygen atoms in total. The van der Waals surface area contributed by atoms with E-state index in [1.807, 2.05) is 30.3 Å². The van der Waals surface area contributed by atoms with Crippen LogP contribution in [0, 0.1) is 6.92 Å². The number of aryl methyl sites for hydroxylation is 1. The van der Waals surface area contributed by atoms with Crippen LogP contribution < -0.4 is 5.32 Å². The maximum absolute atomic E-state index is 12.8. The second-order valence-electron chi connectivity index (χ2n) is 7.23. The molecule has 7 heteroatoms. The molecule has 0 radical (unpaired) electrons. The second-order valence-corrected chi connectivity index (χ2v) is 7.23. The van der Waals surface area contributed by atoms with Crippen LogP contribution in [0.25, 0.3) is 0 Å². The molecular formula is C24H18N2O5. The van der Waals surface area contributed by atoms with Crippen molar-refractivity contribution in [2.24, 2.45) is 0 Å². The highest BCUT2D eigenvalue weighted by Gasteiger charge is 2.36. The molecule has 0 atom stereocenters. The van der Waals surface area contributed by atoms with Crippen molar-refractivity contribution in [3.05, 3.63) is 100 Å². The van der Waals surface area contributed by atoms with Crippen molar-refractivity contribution in [1.82, 2.24) is 4.90 Å². The van der Waals surface area contributed by atoms with Gasteiger partial charge in [0.25, 0.3) is 17.7 Å². The van der Waals surface area contributed by atoms with Crippen molar-refractivity contribution in [2.45, 2.75) is 13.5 Å². The molecule has 1 aliphatic heterocycles. The summed E-state index contributed by atoms with van der Waals surface area (Å²) in [7, 11) is 0. The van der Waals surface area contributed by atoms with Gasteiger partial charge in [-0.2, -0.15) is 0 Å². The van der Waals surface area contributed by atoms with Gasteiger partial charge in [-0.05, 0) is 48.4 Å². The minimum absolute atomic E-state index is 0.0483. The van der Waals surface area contributed by atoms with E-state index >= 15 is 0 Å². The number of carboxylic acids is 1. The lowest BCUT2D eigenvalue weighted by Gasteiger charge is -2.13. The highest BCUT2D eigenvalue weighted by Crippen LogP contribution is 2.26. The highest BCUT2D eigenvalue weighted by molar-refractivity contribution is 6.22. The van der Waals surface area contributed by atoms with Crippen LogP contribution in [0.4, 0.5) is 5.69 Å². The first-order valence-corrected chi connectivity index (χ1v) is 9.54. The number of carbonyl (C=O) groups is 4. The molecule has 0 aromatic heterocycles. The van der Waals surface area contributed by atoms with Gasteiger partial charge in [0.1, 0.15) is 0 Å². The Morgan fingerprint density at radius 3 is 2.26 bits per heavy atom. The van der Waals surface area contributed by atoms with Gasteiger partial charge in [-0.1, -0.05) is 36.4 Å². The highest BCUT2D eigenvalue weighted by atomic mass is 16.4. The first-order chi connectivity index (χ1) is 14.8. The SMILES string of the molecule is Cc1ccc(C(=O)O)cc1NC(=O)c1ccc2c(c1)C(=O)N(Cc1ccccc1)C2=O. The minimum atomic E-state index is -1.10. The van der Waals surface area contributed by atoms with E-state index < -0.39 is 23.7 Å². The Bertz CT molecular complexity index is 1230. The van der Waals surface area contributed by atoms with Crippen molar-refractivity contribution in [3.8, 4) is 0 Å². The summed E-state index contributed by atoms with van der Waals surface area (Å²) >= 11 is 0. The van der Waals surface area contributed by atoms with Gasteiger partial charge in [0.2, 0.25) is 0 Å². The summed E-state index contributed by atoms with van der Waals surface area (Å²) in [5.41, 5.74) is 2.54. The Morgan fingerprint density at radius 1 is 0.871 bits per heavy atom. The fourth-order valence-corrected chi connectivity index (χ4v) is 3.43. The Morgan fingerprint density at radius 2 is 1.55 bits per heavy atom. The molecule has 0 spiro atoms. The van der Waals surface area contributed by atoms with E-state index in [9.17, 15) is 19.2 Å². The van der Waals surface area contributed by atoms with Crippen LogP contribution in [0.3, 0.4) is 0 Å². The van der Waals surface area contributed by atoms with Crippen LogP contribution in [0.15, 0.2) is 66.7 Å². The van der Waals surface area contributed by atoms with E-state index in [2.05, 4.69) is 5.32 Å². The number of hydrogen-bond donors (Lipinski definition) is 2. The van der Waals surface area contributed by atoms with Gasteiger partial charge in [0.05, 0.1) is 23.2 Å². The number of amides is 3. The Labute approximate surface area is 177 Å². The number of carboxylic acid groups (broad SMARTS) is 1. The number of hydrogen-bond acceptors (Lipinski definition) is 4. The molecule has 154 valence electrons. The molecule has 3 amide bonds. The van der Waals surface area contributed by atoms with E-state index in [0.29, 0.717) is 11.3 Å². The number of imide groups is 1. The normalized spacial score (nSPS) is 12.6. The predicted octanol–water partition coefficient (Wildman–Crippen LogP) is 3.74. The number of fused-ring (bicyclic) bond motifs is 1. The van der Waals surface area contributed by atoms with Gasteiger partial charge in [-0.15, -0.1) is 0 Å². The van der Waals surface area contributed by atoms with Gasteiger partial charge in [0, 0.05) is 11.3 Å². The molecule has 0 bridgehead atoms. The number of aromatic carboxylic acids is 1. The van der Waals surface area contributed by atoms with E-state index in [0.717, 1.165) is 10.5 Å². The summed E-state index contributed by atoms with van der Waals surface area (Å²) < 4.78 is 0. The van der Waals surface area contributed by atoms with Crippen molar-refractivity contribution in [3.63, 3.8) is 0 Å². The minimum Gasteiger partial charge on any atom is -0.478 e. The second kappa shape index (κ2) is 7.87. The maximum atomic E-state index is 12.8.